The van der Waals surface area contributed by atoms with Crippen LogP contribution in [-0.4, -0.2) is 0 Å². The molecule has 28 heavy (non-hydrogen) atoms. The molecular formula is C22H14F6. The minimum Gasteiger partial charge on any atom is -0.166 e. The smallest absolute Gasteiger partial charge is 0.166 e. The molecule has 1 aliphatic carbocycles. The molecule has 0 heterocycles. The highest BCUT2D eigenvalue weighted by Crippen LogP contribution is 2.49. The largest absolute Gasteiger partial charge is 0.417 e. The van der Waals surface area contributed by atoms with Crippen LogP contribution in [0.15, 0.2) is 60.7 Å². The summed E-state index contributed by atoms with van der Waals surface area (Å²) in [6, 6.07) is 15.7. The van der Waals surface area contributed by atoms with Crippen molar-refractivity contribution in [3.8, 4) is 11.1 Å². The normalized spacial score (nSPS) is 13.4. The first-order chi connectivity index (χ1) is 13.2. The number of rotatable bonds is 2. The summed E-state index contributed by atoms with van der Waals surface area (Å²) >= 11 is 0. The summed E-state index contributed by atoms with van der Waals surface area (Å²) in [7, 11) is 0. The predicted octanol–water partition coefficient (Wildman–Crippen LogP) is 6.89. The molecule has 0 unspecified atom stereocenters. The molecule has 0 atom stereocenters. The summed E-state index contributed by atoms with van der Waals surface area (Å²) in [6.45, 7) is 0. The molecule has 0 fully saturated rings. The van der Waals surface area contributed by atoms with Gasteiger partial charge in [-0.25, -0.2) is 0 Å². The lowest BCUT2D eigenvalue weighted by Crippen LogP contribution is -2.21. The highest BCUT2D eigenvalue weighted by Gasteiger charge is 2.46. The minimum atomic E-state index is -5.11. The molecule has 0 bridgehead atoms. The van der Waals surface area contributed by atoms with Crippen LogP contribution in [-0.2, 0) is 25.2 Å². The molecule has 0 amide bonds. The monoisotopic (exact) mass is 392 g/mol. The third kappa shape index (κ3) is 3.17. The van der Waals surface area contributed by atoms with Gasteiger partial charge in [0.25, 0.3) is 0 Å². The Kier molecular flexibility index (Phi) is 4.25. The number of hydrogen-bond acceptors (Lipinski definition) is 0. The number of halogens is 6. The molecule has 0 aliphatic heterocycles. The van der Waals surface area contributed by atoms with Gasteiger partial charge in [-0.2, -0.15) is 26.3 Å². The molecule has 0 saturated carbocycles. The van der Waals surface area contributed by atoms with Crippen molar-refractivity contribution in [3.63, 3.8) is 0 Å². The fourth-order valence-electron chi connectivity index (χ4n) is 3.89. The van der Waals surface area contributed by atoms with Crippen LogP contribution in [0.1, 0.15) is 33.4 Å². The van der Waals surface area contributed by atoms with Gasteiger partial charge in [0.1, 0.15) is 0 Å². The summed E-state index contributed by atoms with van der Waals surface area (Å²) in [5, 5.41) is 0. The highest BCUT2D eigenvalue weighted by atomic mass is 19.4. The van der Waals surface area contributed by atoms with Crippen LogP contribution in [0, 0.1) is 0 Å². The lowest BCUT2D eigenvalue weighted by atomic mass is 9.87. The zero-order valence-electron chi connectivity index (χ0n) is 14.5. The van der Waals surface area contributed by atoms with Gasteiger partial charge in [0.15, 0.2) is 0 Å². The van der Waals surface area contributed by atoms with E-state index in [2.05, 4.69) is 0 Å². The number of fused-ring (bicyclic) bond motifs is 3. The summed E-state index contributed by atoms with van der Waals surface area (Å²) in [6.07, 6.45) is -10.2. The van der Waals surface area contributed by atoms with E-state index in [9.17, 15) is 26.3 Å². The Bertz CT molecular complexity index is 1030. The number of hydrogen-bond donors (Lipinski definition) is 0. The van der Waals surface area contributed by atoms with Crippen molar-refractivity contribution < 1.29 is 26.3 Å². The predicted molar refractivity (Wildman–Crippen MR) is 93.9 cm³/mol. The van der Waals surface area contributed by atoms with Gasteiger partial charge in [-0.15, -0.1) is 0 Å². The molecule has 0 aromatic heterocycles. The molecule has 1 aliphatic rings. The van der Waals surface area contributed by atoms with Crippen molar-refractivity contribution >= 4 is 0 Å². The van der Waals surface area contributed by atoms with Crippen LogP contribution in [0.2, 0.25) is 0 Å². The molecule has 6 heteroatoms. The molecule has 3 aromatic rings. The standard InChI is InChI=1S/C22H14F6/c23-21(24,25)19-12-17-15-9-5-4-8-14(15)11-16(17)18(20(19)22(26,27)28)10-13-6-2-1-3-7-13/h1-9,12H,10-11H2. The zero-order chi connectivity index (χ0) is 20.1. The van der Waals surface area contributed by atoms with Crippen molar-refractivity contribution in [2.45, 2.75) is 25.2 Å². The zero-order valence-corrected chi connectivity index (χ0v) is 14.5. The van der Waals surface area contributed by atoms with Gasteiger partial charge in [-0.3, -0.25) is 0 Å². The lowest BCUT2D eigenvalue weighted by Gasteiger charge is -2.23. The van der Waals surface area contributed by atoms with Gasteiger partial charge in [0, 0.05) is 0 Å². The molecule has 3 aromatic carbocycles. The van der Waals surface area contributed by atoms with E-state index in [1.54, 1.807) is 54.6 Å². The van der Waals surface area contributed by atoms with Crippen molar-refractivity contribution in [1.29, 1.82) is 0 Å². The molecular weight excluding hydrogens is 378 g/mol. The molecule has 0 saturated heterocycles. The van der Waals surface area contributed by atoms with Crippen LogP contribution >= 0.6 is 0 Å². The Balaban J connectivity index is 2.04. The first kappa shape index (κ1) is 18.6. The van der Waals surface area contributed by atoms with Gasteiger partial charge in [-0.1, -0.05) is 54.6 Å². The fourth-order valence-corrected chi connectivity index (χ4v) is 3.89. The second kappa shape index (κ2) is 6.40. The molecule has 0 nitrogen and oxygen atoms in total. The van der Waals surface area contributed by atoms with Crippen LogP contribution in [0.25, 0.3) is 11.1 Å². The Hall–Kier alpha value is -2.76. The van der Waals surface area contributed by atoms with Crippen LogP contribution in [0.4, 0.5) is 26.3 Å². The fraction of sp³-hybridized carbons (Fsp3) is 0.182. The molecule has 0 radical (unpaired) electrons. The molecule has 0 spiro atoms. The van der Waals surface area contributed by atoms with E-state index in [1.807, 2.05) is 0 Å². The van der Waals surface area contributed by atoms with E-state index in [0.717, 1.165) is 5.56 Å². The third-order valence-corrected chi connectivity index (χ3v) is 5.04. The van der Waals surface area contributed by atoms with Gasteiger partial charge in [-0.05, 0) is 52.3 Å². The quantitative estimate of drug-likeness (QED) is 0.326. The number of alkyl halides is 6. The van der Waals surface area contributed by atoms with Gasteiger partial charge >= 0.3 is 12.4 Å². The summed E-state index contributed by atoms with van der Waals surface area (Å²) < 4.78 is 82.4. The Labute approximate surface area is 157 Å². The molecule has 4 rings (SSSR count). The first-order valence-electron chi connectivity index (χ1n) is 8.61. The summed E-state index contributed by atoms with van der Waals surface area (Å²) in [5.41, 5.74) is -1.10. The maximum atomic E-state index is 13.8. The topological polar surface area (TPSA) is 0 Å². The Morgan fingerprint density at radius 2 is 1.36 bits per heavy atom. The summed E-state index contributed by atoms with van der Waals surface area (Å²) in [4.78, 5) is 0. The third-order valence-electron chi connectivity index (χ3n) is 5.04. The first-order valence-corrected chi connectivity index (χ1v) is 8.61. The van der Waals surface area contributed by atoms with E-state index in [-0.39, 0.29) is 24.0 Å². The average molecular weight is 392 g/mol. The summed E-state index contributed by atoms with van der Waals surface area (Å²) in [5.74, 6) is 0. The van der Waals surface area contributed by atoms with Crippen LogP contribution < -0.4 is 0 Å². The van der Waals surface area contributed by atoms with Gasteiger partial charge < -0.3 is 0 Å². The lowest BCUT2D eigenvalue weighted by molar-refractivity contribution is -0.162. The van der Waals surface area contributed by atoms with E-state index in [0.29, 0.717) is 22.8 Å². The highest BCUT2D eigenvalue weighted by molar-refractivity contribution is 5.80. The van der Waals surface area contributed by atoms with Gasteiger partial charge in [0.05, 0.1) is 11.1 Å². The SMILES string of the molecule is FC(F)(F)c1cc2c(c(Cc3ccccc3)c1C(F)(F)F)Cc1ccccc1-2. The van der Waals surface area contributed by atoms with Gasteiger partial charge in [0.2, 0.25) is 0 Å². The van der Waals surface area contributed by atoms with Crippen LogP contribution in [0.3, 0.4) is 0 Å². The average Bonchev–Trinajstić information content (AvgIpc) is 2.99. The molecule has 0 N–H and O–H groups in total. The second-order valence-corrected chi connectivity index (χ2v) is 6.80. The maximum absolute atomic E-state index is 13.8. The van der Waals surface area contributed by atoms with Crippen molar-refractivity contribution in [1.82, 2.24) is 0 Å². The van der Waals surface area contributed by atoms with Crippen LogP contribution in [0.5, 0.6) is 0 Å². The van der Waals surface area contributed by atoms with E-state index in [4.69, 9.17) is 0 Å². The van der Waals surface area contributed by atoms with Crippen molar-refractivity contribution in [3.05, 3.63) is 94.0 Å². The van der Waals surface area contributed by atoms with Crippen molar-refractivity contribution in [2.24, 2.45) is 0 Å². The second-order valence-electron chi connectivity index (χ2n) is 6.80. The minimum absolute atomic E-state index is 0.189. The maximum Gasteiger partial charge on any atom is 0.417 e. The molecule has 144 valence electrons. The Morgan fingerprint density at radius 3 is 2.00 bits per heavy atom. The van der Waals surface area contributed by atoms with E-state index < -0.39 is 23.5 Å². The Morgan fingerprint density at radius 1 is 0.714 bits per heavy atom. The number of benzene rings is 3. The van der Waals surface area contributed by atoms with E-state index in [1.165, 1.54) is 0 Å². The van der Waals surface area contributed by atoms with Crippen molar-refractivity contribution in [2.75, 3.05) is 0 Å². The van der Waals surface area contributed by atoms with E-state index >= 15 is 0 Å².